The Labute approximate surface area is 198 Å². The number of aromatic nitrogens is 4. The summed E-state index contributed by atoms with van der Waals surface area (Å²) in [5.74, 6) is 0.802. The summed E-state index contributed by atoms with van der Waals surface area (Å²) in [4.78, 5) is 12.5. The van der Waals surface area contributed by atoms with E-state index in [2.05, 4.69) is 20.0 Å². The van der Waals surface area contributed by atoms with Crippen LogP contribution in [0.25, 0.3) is 11.2 Å². The van der Waals surface area contributed by atoms with Crippen molar-refractivity contribution in [1.29, 1.82) is 0 Å². The van der Waals surface area contributed by atoms with Crippen molar-refractivity contribution in [3.05, 3.63) is 43.0 Å². The number of fused-ring (bicyclic) bond motifs is 1. The molecule has 3 N–H and O–H groups in total. The van der Waals surface area contributed by atoms with E-state index in [1.165, 1.54) is 6.33 Å². The lowest BCUT2D eigenvalue weighted by Gasteiger charge is -2.29. The van der Waals surface area contributed by atoms with Gasteiger partial charge in [0.1, 0.15) is 23.9 Å². The molecule has 1 aromatic carbocycles. The fourth-order valence-corrected chi connectivity index (χ4v) is 5.48. The number of anilines is 1. The second-order valence-electron chi connectivity index (χ2n) is 8.25. The summed E-state index contributed by atoms with van der Waals surface area (Å²) in [6.45, 7) is 5.37. The lowest BCUT2D eigenvalue weighted by atomic mass is 10.3. The van der Waals surface area contributed by atoms with Gasteiger partial charge in [0.05, 0.1) is 25.0 Å². The largest absolute Gasteiger partial charge is 0.431 e. The number of hydrogen-bond acceptors (Lipinski definition) is 9. The van der Waals surface area contributed by atoms with Gasteiger partial charge in [-0.05, 0) is 38.8 Å². The van der Waals surface area contributed by atoms with E-state index in [9.17, 15) is 4.57 Å². The van der Waals surface area contributed by atoms with Crippen LogP contribution in [0, 0.1) is 0 Å². The molecule has 1 aliphatic heterocycles. The average molecular weight is 491 g/mol. The number of nitrogens with two attached hydrogens (primary N) is 1. The van der Waals surface area contributed by atoms with Crippen LogP contribution in [0.4, 0.5) is 5.82 Å². The van der Waals surface area contributed by atoms with E-state index in [1.54, 1.807) is 18.5 Å². The highest BCUT2D eigenvalue weighted by Gasteiger charge is 2.33. The minimum Gasteiger partial charge on any atom is -0.431 e. The molecule has 0 spiro atoms. The molecule has 3 heterocycles. The summed E-state index contributed by atoms with van der Waals surface area (Å²) < 4.78 is 39.1. The molecule has 1 aliphatic rings. The molecule has 1 fully saturated rings. The summed E-state index contributed by atoms with van der Waals surface area (Å²) in [5, 5.41) is 3.09. The fraction of sp³-hybridized carbons (Fsp3) is 0.500. The number of rotatable bonds is 10. The van der Waals surface area contributed by atoms with Crippen molar-refractivity contribution in [2.24, 2.45) is 0 Å². The van der Waals surface area contributed by atoms with Crippen LogP contribution < -0.4 is 15.3 Å². The molecule has 0 aliphatic carbocycles. The molecule has 1 saturated heterocycles. The first-order chi connectivity index (χ1) is 16.4. The van der Waals surface area contributed by atoms with Crippen molar-refractivity contribution in [1.82, 2.24) is 24.6 Å². The molecular formula is C22H31N6O5P. The molecule has 3 aromatic rings. The average Bonchev–Trinajstić information content (AvgIpc) is 3.04. The Morgan fingerprint density at radius 2 is 1.91 bits per heavy atom. The first-order valence-corrected chi connectivity index (χ1v) is 13.1. The molecule has 34 heavy (non-hydrogen) atoms. The van der Waals surface area contributed by atoms with Crippen molar-refractivity contribution >= 4 is 24.5 Å². The van der Waals surface area contributed by atoms with E-state index in [1.807, 2.05) is 36.6 Å². The van der Waals surface area contributed by atoms with Crippen molar-refractivity contribution < 1.29 is 23.3 Å². The van der Waals surface area contributed by atoms with Gasteiger partial charge in [-0.25, -0.2) is 20.0 Å². The summed E-state index contributed by atoms with van der Waals surface area (Å²) in [5.41, 5.74) is 7.01. The van der Waals surface area contributed by atoms with Crippen LogP contribution in [0.1, 0.15) is 26.7 Å². The van der Waals surface area contributed by atoms with Gasteiger partial charge in [0.2, 0.25) is 0 Å². The lowest BCUT2D eigenvalue weighted by molar-refractivity contribution is -0.138. The molecule has 11 nitrogen and oxygen atoms in total. The molecule has 184 valence electrons. The van der Waals surface area contributed by atoms with Crippen molar-refractivity contribution in [3.8, 4) is 5.75 Å². The Kier molecular flexibility index (Phi) is 8.12. The number of hydrogen-bond donors (Lipinski definition) is 2. The van der Waals surface area contributed by atoms with Gasteiger partial charge in [0.25, 0.3) is 0 Å². The first kappa shape index (κ1) is 24.6. The number of benzene rings is 1. The normalized spacial score (nSPS) is 18.8. The van der Waals surface area contributed by atoms with Gasteiger partial charge in [-0.1, -0.05) is 18.2 Å². The van der Waals surface area contributed by atoms with E-state index in [4.69, 9.17) is 24.5 Å². The van der Waals surface area contributed by atoms with Gasteiger partial charge < -0.3 is 29.0 Å². The maximum Gasteiger partial charge on any atom is 0.342 e. The minimum atomic E-state index is -3.48. The third kappa shape index (κ3) is 6.31. The van der Waals surface area contributed by atoms with Crippen LogP contribution >= 0.6 is 7.52 Å². The van der Waals surface area contributed by atoms with Gasteiger partial charge in [-0.2, -0.15) is 0 Å². The van der Waals surface area contributed by atoms with Crippen molar-refractivity contribution in [3.63, 3.8) is 0 Å². The van der Waals surface area contributed by atoms with Crippen molar-refractivity contribution in [2.45, 2.75) is 51.7 Å². The molecule has 0 saturated carbocycles. The smallest absolute Gasteiger partial charge is 0.342 e. The Balaban J connectivity index is 1.43. The topological polar surface area (TPSA) is 136 Å². The molecule has 0 bridgehead atoms. The molecule has 12 heteroatoms. The quantitative estimate of drug-likeness (QED) is 0.408. The predicted octanol–water partition coefficient (Wildman–Crippen LogP) is 3.17. The molecule has 2 aromatic heterocycles. The zero-order chi connectivity index (χ0) is 24.0. The SMILES string of the molecule is CC(Cn1cnc2c(N)ncnc21)OCP(=O)(NC(C)C1OCCCCO1)Oc1ccccc1. The Morgan fingerprint density at radius 1 is 1.18 bits per heavy atom. The fourth-order valence-electron chi connectivity index (χ4n) is 3.64. The van der Waals surface area contributed by atoms with E-state index < -0.39 is 13.8 Å². The number of para-hydroxylation sites is 1. The third-order valence-electron chi connectivity index (χ3n) is 5.32. The standard InChI is InChI=1S/C22H31N6O5P/c1-16(12-28-14-26-19-20(23)24-13-25-21(19)28)32-15-34(29,33-18-8-4-3-5-9-18)27-17(2)22-30-10-6-7-11-31-22/h3-5,8-9,13-14,16-17,22H,6-7,10-12,15H2,1-2H3,(H,27,29)(H2,23,24,25). The highest BCUT2D eigenvalue weighted by Crippen LogP contribution is 2.44. The summed E-state index contributed by atoms with van der Waals surface area (Å²) in [6, 6.07) is 8.64. The van der Waals surface area contributed by atoms with Crippen LogP contribution in [0.3, 0.4) is 0 Å². The summed E-state index contributed by atoms with van der Waals surface area (Å²) in [6.07, 6.45) is 3.91. The molecule has 4 rings (SSSR count). The highest BCUT2D eigenvalue weighted by atomic mass is 31.2. The van der Waals surface area contributed by atoms with Crippen LogP contribution in [0.2, 0.25) is 0 Å². The zero-order valence-electron chi connectivity index (χ0n) is 19.4. The molecular weight excluding hydrogens is 459 g/mol. The minimum absolute atomic E-state index is 0.149. The van der Waals surface area contributed by atoms with E-state index in [0.717, 1.165) is 12.8 Å². The van der Waals surface area contributed by atoms with E-state index in [0.29, 0.717) is 42.5 Å². The number of imidazole rings is 1. The second-order valence-corrected chi connectivity index (χ2v) is 10.3. The molecule has 0 amide bonds. The number of nitrogens with zero attached hydrogens (tertiary/aromatic N) is 4. The monoisotopic (exact) mass is 490 g/mol. The third-order valence-corrected chi connectivity index (χ3v) is 7.12. The summed E-state index contributed by atoms with van der Waals surface area (Å²) in [7, 11) is -3.48. The van der Waals surface area contributed by atoms with Crippen LogP contribution in [-0.4, -0.2) is 57.5 Å². The van der Waals surface area contributed by atoms with Gasteiger partial charge in [0.15, 0.2) is 17.8 Å². The number of nitrogen functional groups attached to an aromatic ring is 1. The Morgan fingerprint density at radius 3 is 2.65 bits per heavy atom. The van der Waals surface area contributed by atoms with Crippen LogP contribution in [-0.2, 0) is 25.3 Å². The van der Waals surface area contributed by atoms with Crippen molar-refractivity contribution in [2.75, 3.05) is 25.3 Å². The molecule has 0 radical (unpaired) electrons. The molecule has 3 atom stereocenters. The Hall–Kier alpha value is -2.56. The predicted molar refractivity (Wildman–Crippen MR) is 127 cm³/mol. The van der Waals surface area contributed by atoms with E-state index >= 15 is 0 Å². The Bertz CT molecular complexity index is 1110. The van der Waals surface area contributed by atoms with Crippen LogP contribution in [0.5, 0.6) is 5.75 Å². The van der Waals surface area contributed by atoms with Gasteiger partial charge in [0, 0.05) is 13.2 Å². The number of nitrogens with one attached hydrogen (secondary N) is 1. The maximum absolute atomic E-state index is 13.9. The zero-order valence-corrected chi connectivity index (χ0v) is 20.3. The van der Waals surface area contributed by atoms with E-state index in [-0.39, 0.29) is 18.5 Å². The summed E-state index contributed by atoms with van der Waals surface area (Å²) >= 11 is 0. The molecule has 3 unspecified atom stereocenters. The van der Waals surface area contributed by atoms with Crippen LogP contribution in [0.15, 0.2) is 43.0 Å². The lowest BCUT2D eigenvalue weighted by Crippen LogP contribution is -2.40. The number of ether oxygens (including phenoxy) is 3. The van der Waals surface area contributed by atoms with Gasteiger partial charge in [-0.3, -0.25) is 4.57 Å². The maximum atomic E-state index is 13.9. The highest BCUT2D eigenvalue weighted by molar-refractivity contribution is 7.57. The van der Waals surface area contributed by atoms with Gasteiger partial charge in [-0.15, -0.1) is 0 Å². The first-order valence-electron chi connectivity index (χ1n) is 11.3. The second kappa shape index (κ2) is 11.2. The van der Waals surface area contributed by atoms with Gasteiger partial charge >= 0.3 is 7.52 Å².